The van der Waals surface area contributed by atoms with Gasteiger partial charge >= 0.3 is 0 Å². The van der Waals surface area contributed by atoms with E-state index < -0.39 is 0 Å². The van der Waals surface area contributed by atoms with Crippen molar-refractivity contribution in [1.82, 2.24) is 20.4 Å². The highest BCUT2D eigenvalue weighted by molar-refractivity contribution is 7.99. The van der Waals surface area contributed by atoms with Gasteiger partial charge < -0.3 is 14.5 Å². The highest BCUT2D eigenvalue weighted by Gasteiger charge is 2.34. The molecule has 0 unspecified atom stereocenters. The number of carbonyl (C=O) groups is 1. The average Bonchev–Trinajstić information content (AvgIpc) is 3.15. The molecule has 8 heteroatoms. The third kappa shape index (κ3) is 3.99. The third-order valence-corrected chi connectivity index (χ3v) is 4.91. The summed E-state index contributed by atoms with van der Waals surface area (Å²) >= 11 is 1.26. The third-order valence-electron chi connectivity index (χ3n) is 4.09. The van der Waals surface area contributed by atoms with Gasteiger partial charge in [0.15, 0.2) is 0 Å². The smallest absolute Gasteiger partial charge is 0.277 e. The lowest BCUT2D eigenvalue weighted by Gasteiger charge is -2.34. The van der Waals surface area contributed by atoms with E-state index in [0.29, 0.717) is 30.4 Å². The van der Waals surface area contributed by atoms with Gasteiger partial charge in [0.2, 0.25) is 11.8 Å². The number of aryl methyl sites for hydroxylation is 1. The predicted molar refractivity (Wildman–Crippen MR) is 81.7 cm³/mol. The number of ether oxygens (including phenoxy) is 1. The Morgan fingerprint density at radius 1 is 1.32 bits per heavy atom. The molecule has 122 valence electrons. The van der Waals surface area contributed by atoms with E-state index in [4.69, 9.17) is 9.15 Å². The van der Waals surface area contributed by atoms with Crippen LogP contribution >= 0.6 is 11.8 Å². The summed E-state index contributed by atoms with van der Waals surface area (Å²) < 4.78 is 10.8. The van der Waals surface area contributed by atoms with E-state index >= 15 is 0 Å². The standard InChI is InChI=1S/C14H22N4O3S/c1-10-16-17-14(21-10)22-9-13(19)15-11-7-20-8-12(11)18-5-3-2-4-6-18/h11-12H,2-9H2,1H3,(H,15,19)/t11-,12-/m0/s1. The zero-order valence-electron chi connectivity index (χ0n) is 12.8. The fraction of sp³-hybridized carbons (Fsp3) is 0.786. The van der Waals surface area contributed by atoms with Crippen molar-refractivity contribution in [2.24, 2.45) is 0 Å². The van der Waals surface area contributed by atoms with E-state index in [1.54, 1.807) is 6.92 Å². The topological polar surface area (TPSA) is 80.5 Å². The molecule has 0 aliphatic carbocycles. The van der Waals surface area contributed by atoms with Crippen LogP contribution < -0.4 is 5.32 Å². The number of thioether (sulfide) groups is 1. The lowest BCUT2D eigenvalue weighted by Crippen LogP contribution is -2.52. The second kappa shape index (κ2) is 7.43. The van der Waals surface area contributed by atoms with E-state index in [2.05, 4.69) is 20.4 Å². The van der Waals surface area contributed by atoms with Gasteiger partial charge in [-0.2, -0.15) is 0 Å². The Kier molecular flexibility index (Phi) is 5.32. The molecule has 2 aliphatic rings. The number of hydrogen-bond acceptors (Lipinski definition) is 7. The maximum absolute atomic E-state index is 12.1. The van der Waals surface area contributed by atoms with Crippen molar-refractivity contribution in [2.75, 3.05) is 32.1 Å². The Labute approximate surface area is 134 Å². The summed E-state index contributed by atoms with van der Waals surface area (Å²) in [5.74, 6) is 0.779. The minimum Gasteiger partial charge on any atom is -0.416 e. The van der Waals surface area contributed by atoms with E-state index in [1.807, 2.05) is 0 Å². The van der Waals surface area contributed by atoms with Gasteiger partial charge in [-0.3, -0.25) is 9.69 Å². The number of amides is 1. The largest absolute Gasteiger partial charge is 0.416 e. The quantitative estimate of drug-likeness (QED) is 0.803. The van der Waals surface area contributed by atoms with Gasteiger partial charge in [0.25, 0.3) is 5.22 Å². The molecule has 3 heterocycles. The van der Waals surface area contributed by atoms with Crippen LogP contribution in [0.1, 0.15) is 25.2 Å². The summed E-state index contributed by atoms with van der Waals surface area (Å²) in [4.78, 5) is 14.6. The van der Waals surface area contributed by atoms with Crippen LogP contribution in [0.2, 0.25) is 0 Å². The summed E-state index contributed by atoms with van der Waals surface area (Å²) in [6.07, 6.45) is 3.79. The van der Waals surface area contributed by atoms with Crippen molar-refractivity contribution in [3.05, 3.63) is 5.89 Å². The number of piperidine rings is 1. The van der Waals surface area contributed by atoms with Crippen molar-refractivity contribution < 1.29 is 13.9 Å². The monoisotopic (exact) mass is 326 g/mol. The van der Waals surface area contributed by atoms with Gasteiger partial charge in [-0.05, 0) is 25.9 Å². The number of nitrogens with zero attached hydrogens (tertiary/aromatic N) is 3. The molecule has 0 bridgehead atoms. The SMILES string of the molecule is Cc1nnc(SCC(=O)N[C@H]2COC[C@@H]2N2CCCCC2)o1. The lowest BCUT2D eigenvalue weighted by molar-refractivity contribution is -0.119. The molecular weight excluding hydrogens is 304 g/mol. The zero-order valence-corrected chi connectivity index (χ0v) is 13.6. The predicted octanol–water partition coefficient (Wildman–Crippen LogP) is 0.840. The Morgan fingerprint density at radius 2 is 2.14 bits per heavy atom. The van der Waals surface area contributed by atoms with E-state index in [9.17, 15) is 4.79 Å². The number of rotatable bonds is 5. The average molecular weight is 326 g/mol. The molecule has 0 radical (unpaired) electrons. The molecule has 0 spiro atoms. The molecule has 0 saturated carbocycles. The summed E-state index contributed by atoms with van der Waals surface area (Å²) in [6, 6.07) is 0.385. The Balaban J connectivity index is 1.47. The molecule has 0 aromatic carbocycles. The first-order chi connectivity index (χ1) is 10.7. The second-order valence-electron chi connectivity index (χ2n) is 5.75. The van der Waals surface area contributed by atoms with Crippen LogP contribution in [0.5, 0.6) is 0 Å². The van der Waals surface area contributed by atoms with Gasteiger partial charge in [0.05, 0.1) is 31.1 Å². The van der Waals surface area contributed by atoms with Crippen LogP contribution in [0, 0.1) is 6.92 Å². The molecule has 7 nitrogen and oxygen atoms in total. The lowest BCUT2D eigenvalue weighted by atomic mass is 10.1. The van der Waals surface area contributed by atoms with Crippen molar-refractivity contribution >= 4 is 17.7 Å². The second-order valence-corrected chi connectivity index (χ2v) is 6.68. The van der Waals surface area contributed by atoms with Crippen LogP contribution in [-0.4, -0.2) is 65.1 Å². The van der Waals surface area contributed by atoms with E-state index in [-0.39, 0.29) is 17.7 Å². The van der Waals surface area contributed by atoms with Gasteiger partial charge in [-0.25, -0.2) is 0 Å². The minimum atomic E-state index is -0.0154. The summed E-state index contributed by atoms with van der Waals surface area (Å²) in [6.45, 7) is 5.25. The maximum Gasteiger partial charge on any atom is 0.277 e. The van der Waals surface area contributed by atoms with Crippen LogP contribution in [0.15, 0.2) is 9.64 Å². The fourth-order valence-corrected chi connectivity index (χ4v) is 3.62. The number of aromatic nitrogens is 2. The van der Waals surface area contributed by atoms with Crippen LogP contribution in [-0.2, 0) is 9.53 Å². The summed E-state index contributed by atoms with van der Waals surface area (Å²) in [7, 11) is 0. The minimum absolute atomic E-state index is 0.0154. The Hall–Kier alpha value is -1.12. The van der Waals surface area contributed by atoms with Gasteiger partial charge in [0, 0.05) is 6.92 Å². The van der Waals surface area contributed by atoms with Crippen LogP contribution in [0.4, 0.5) is 0 Å². The van der Waals surface area contributed by atoms with Crippen molar-refractivity contribution in [1.29, 1.82) is 0 Å². The number of likely N-dealkylation sites (tertiary alicyclic amines) is 1. The summed E-state index contributed by atoms with van der Waals surface area (Å²) in [5.41, 5.74) is 0. The molecule has 22 heavy (non-hydrogen) atoms. The number of carbonyl (C=O) groups excluding carboxylic acids is 1. The molecule has 3 rings (SSSR count). The zero-order chi connectivity index (χ0) is 15.4. The molecule has 1 aromatic rings. The number of nitrogens with one attached hydrogen (secondary N) is 1. The van der Waals surface area contributed by atoms with E-state index in [0.717, 1.165) is 13.1 Å². The molecule has 1 N–H and O–H groups in total. The molecule has 2 aliphatic heterocycles. The van der Waals surface area contributed by atoms with E-state index in [1.165, 1.54) is 31.0 Å². The molecule has 1 amide bonds. The first kappa shape index (κ1) is 15.8. The fourth-order valence-electron chi connectivity index (χ4n) is 3.00. The van der Waals surface area contributed by atoms with Gasteiger partial charge in [0.1, 0.15) is 0 Å². The van der Waals surface area contributed by atoms with Gasteiger partial charge in [-0.1, -0.05) is 18.2 Å². The highest BCUT2D eigenvalue weighted by Crippen LogP contribution is 2.20. The van der Waals surface area contributed by atoms with Crippen molar-refractivity contribution in [3.63, 3.8) is 0 Å². The van der Waals surface area contributed by atoms with Crippen LogP contribution in [0.25, 0.3) is 0 Å². The summed E-state index contributed by atoms with van der Waals surface area (Å²) in [5, 5.41) is 11.1. The number of hydrogen-bond donors (Lipinski definition) is 1. The molecule has 2 saturated heterocycles. The molecule has 2 fully saturated rings. The molecule has 1 aromatic heterocycles. The first-order valence-electron chi connectivity index (χ1n) is 7.76. The first-order valence-corrected chi connectivity index (χ1v) is 8.75. The van der Waals surface area contributed by atoms with Crippen molar-refractivity contribution in [2.45, 2.75) is 43.5 Å². The van der Waals surface area contributed by atoms with Gasteiger partial charge in [-0.15, -0.1) is 10.2 Å². The van der Waals surface area contributed by atoms with Crippen LogP contribution in [0.3, 0.4) is 0 Å². The normalized spacial score (nSPS) is 26.2. The maximum atomic E-state index is 12.1. The molecule has 2 atom stereocenters. The molecular formula is C14H22N4O3S. The Bertz CT molecular complexity index is 504. The van der Waals surface area contributed by atoms with Crippen molar-refractivity contribution in [3.8, 4) is 0 Å². The Morgan fingerprint density at radius 3 is 2.86 bits per heavy atom. The highest BCUT2D eigenvalue weighted by atomic mass is 32.2.